The zero-order valence-electron chi connectivity index (χ0n) is 8.75. The van der Waals surface area contributed by atoms with Crippen LogP contribution in [0.4, 0.5) is 0 Å². The molecule has 0 spiro atoms. The predicted octanol–water partition coefficient (Wildman–Crippen LogP) is 4.44. The largest absolute Gasteiger partial charge is 0.249 e. The molecule has 0 bridgehead atoms. The zero-order chi connectivity index (χ0) is 9.99. The van der Waals surface area contributed by atoms with E-state index in [0.29, 0.717) is 5.92 Å². The van der Waals surface area contributed by atoms with Gasteiger partial charge in [-0.15, -0.1) is 22.2 Å². The van der Waals surface area contributed by atoms with Crippen molar-refractivity contribution in [2.75, 3.05) is 0 Å². The predicted molar refractivity (Wildman–Crippen MR) is 65.3 cm³/mol. The van der Waals surface area contributed by atoms with Crippen molar-refractivity contribution in [2.24, 2.45) is 5.92 Å². The van der Waals surface area contributed by atoms with Gasteiger partial charge in [-0.2, -0.15) is 0 Å². The third-order valence-electron chi connectivity index (χ3n) is 1.50. The summed E-state index contributed by atoms with van der Waals surface area (Å²) in [5, 5.41) is 0. The molecule has 0 aliphatic carbocycles. The van der Waals surface area contributed by atoms with Crippen LogP contribution in [0.15, 0.2) is 0 Å². The van der Waals surface area contributed by atoms with Gasteiger partial charge in [-0.1, -0.05) is 33.5 Å². The second-order valence-corrected chi connectivity index (χ2v) is 18.8. The quantitative estimate of drug-likeness (QED) is 0.506. The van der Waals surface area contributed by atoms with E-state index in [9.17, 15) is 0 Å². The highest BCUT2D eigenvalue weighted by Gasteiger charge is 2.34. The fourth-order valence-corrected chi connectivity index (χ4v) is 18.5. The van der Waals surface area contributed by atoms with Crippen molar-refractivity contribution >= 4 is 36.9 Å². The van der Waals surface area contributed by atoms with Gasteiger partial charge in [0, 0.05) is 8.07 Å². The molecule has 0 amide bonds. The minimum atomic E-state index is -1.90. The summed E-state index contributed by atoms with van der Waals surface area (Å²) in [6.07, 6.45) is 0. The van der Waals surface area contributed by atoms with Crippen molar-refractivity contribution in [2.45, 2.75) is 45.2 Å². The molecule has 0 aromatic heterocycles. The minimum absolute atomic E-state index is 0.642. The molecule has 74 valence electrons. The Bertz CT molecular complexity index is 138. The Morgan fingerprint density at radius 3 is 1.75 bits per heavy atom. The average Bonchev–Trinajstić information content (AvgIpc) is 1.48. The lowest BCUT2D eigenvalue weighted by Crippen LogP contribution is -2.34. The Hall–Kier alpha value is 1.01. The van der Waals surface area contributed by atoms with Crippen LogP contribution in [0.25, 0.3) is 0 Å². The van der Waals surface area contributed by atoms with Crippen molar-refractivity contribution in [3.05, 3.63) is 0 Å². The van der Waals surface area contributed by atoms with Crippen LogP contribution in [0.1, 0.15) is 13.8 Å². The third-order valence-corrected chi connectivity index (χ3v) is 12.6. The molecule has 12 heavy (non-hydrogen) atoms. The molecule has 0 unspecified atom stereocenters. The van der Waals surface area contributed by atoms with E-state index in [-0.39, 0.29) is 0 Å². The monoisotopic (exact) mass is 242 g/mol. The molecule has 0 fully saturated rings. The maximum atomic E-state index is 6.35. The van der Waals surface area contributed by atoms with Crippen LogP contribution >= 0.6 is 22.2 Å². The fraction of sp³-hybridized carbons (Fsp3) is 1.00. The summed E-state index contributed by atoms with van der Waals surface area (Å²) < 4.78 is 0. The normalized spacial score (nSPS) is 14.0. The Labute approximate surface area is 88.1 Å². The Morgan fingerprint density at radius 1 is 1.08 bits per heavy atom. The van der Waals surface area contributed by atoms with Crippen LogP contribution in [-0.2, 0) is 0 Å². The first-order valence-corrected chi connectivity index (χ1v) is 12.6. The lowest BCUT2D eigenvalue weighted by atomic mass is 10.3. The third kappa shape index (κ3) is 7.65. The Morgan fingerprint density at radius 2 is 1.50 bits per heavy atom. The molecule has 0 aliphatic heterocycles. The highest BCUT2D eigenvalue weighted by Crippen LogP contribution is 2.33. The number of hydrogen-bond donors (Lipinski definition) is 0. The zero-order valence-corrected chi connectivity index (χ0v) is 12.3. The molecule has 0 radical (unpaired) electrons. The lowest BCUT2D eigenvalue weighted by molar-refractivity contribution is 0.727. The van der Waals surface area contributed by atoms with Gasteiger partial charge in [-0.05, 0) is 17.6 Å². The fourth-order valence-electron chi connectivity index (χ4n) is 1.45. The molecule has 0 rings (SSSR count). The van der Waals surface area contributed by atoms with E-state index in [0.717, 1.165) is 11.7 Å². The van der Waals surface area contributed by atoms with E-state index in [1.807, 2.05) is 0 Å². The topological polar surface area (TPSA) is 0 Å². The van der Waals surface area contributed by atoms with Crippen molar-refractivity contribution in [3.63, 3.8) is 0 Å². The minimum Gasteiger partial charge on any atom is -0.146 e. The molecule has 0 aliphatic rings. The van der Waals surface area contributed by atoms with Crippen LogP contribution in [0.2, 0.25) is 31.4 Å². The van der Waals surface area contributed by atoms with Gasteiger partial charge in [-0.3, -0.25) is 0 Å². The lowest BCUT2D eigenvalue weighted by Gasteiger charge is -2.25. The summed E-state index contributed by atoms with van der Waals surface area (Å²) in [5.41, 5.74) is 1.13. The van der Waals surface area contributed by atoms with Gasteiger partial charge in [0.15, 0.2) is 0 Å². The van der Waals surface area contributed by atoms with Gasteiger partial charge in [0.25, 0.3) is 0 Å². The Kier molecular flexibility index (Phi) is 4.87. The first kappa shape index (κ1) is 13.0. The second-order valence-electron chi connectivity index (χ2n) is 5.19. The highest BCUT2D eigenvalue weighted by molar-refractivity contribution is 7.47. The van der Waals surface area contributed by atoms with E-state index in [2.05, 4.69) is 33.5 Å². The van der Waals surface area contributed by atoms with Crippen molar-refractivity contribution < 1.29 is 0 Å². The molecule has 0 saturated carbocycles. The summed E-state index contributed by atoms with van der Waals surface area (Å²) in [6, 6.07) is 1.04. The van der Waals surface area contributed by atoms with Crippen LogP contribution < -0.4 is 0 Å². The van der Waals surface area contributed by atoms with Gasteiger partial charge < -0.3 is 0 Å². The van der Waals surface area contributed by atoms with Crippen molar-refractivity contribution in [3.8, 4) is 0 Å². The molecule has 0 saturated heterocycles. The average molecular weight is 243 g/mol. The Balaban J connectivity index is 4.04. The summed E-state index contributed by atoms with van der Waals surface area (Å²) in [4.78, 5) is 0. The highest BCUT2D eigenvalue weighted by atomic mass is 35.7. The first-order valence-electron chi connectivity index (χ1n) is 4.50. The maximum absolute atomic E-state index is 6.35. The van der Waals surface area contributed by atoms with E-state index < -0.39 is 14.8 Å². The van der Waals surface area contributed by atoms with Crippen LogP contribution in [0.3, 0.4) is 0 Å². The van der Waals surface area contributed by atoms with E-state index in [1.54, 1.807) is 0 Å². The van der Waals surface area contributed by atoms with Crippen LogP contribution in [0.5, 0.6) is 0 Å². The summed E-state index contributed by atoms with van der Waals surface area (Å²) in [7, 11) is -1.06. The maximum Gasteiger partial charge on any atom is 0.249 e. The molecule has 4 heteroatoms. The van der Waals surface area contributed by atoms with Crippen LogP contribution in [-0.4, -0.2) is 14.8 Å². The second kappa shape index (κ2) is 4.49. The molecule has 0 heterocycles. The first-order chi connectivity index (χ1) is 5.12. The van der Waals surface area contributed by atoms with E-state index in [1.165, 1.54) is 0 Å². The molecule has 0 N–H and O–H groups in total. The molecular formula is C8H20Cl2Si2. The van der Waals surface area contributed by atoms with Gasteiger partial charge in [0.1, 0.15) is 0 Å². The standard InChI is InChI=1S/C8H20Cl2Si2/c1-8(2)6-12(9,10)7-11(3,4)5/h8H,6-7H2,1-5H3. The molecule has 0 nitrogen and oxygen atoms in total. The molecule has 0 aromatic rings. The van der Waals surface area contributed by atoms with Gasteiger partial charge in [0.2, 0.25) is 6.69 Å². The number of rotatable bonds is 4. The van der Waals surface area contributed by atoms with Gasteiger partial charge >= 0.3 is 0 Å². The van der Waals surface area contributed by atoms with Crippen molar-refractivity contribution in [1.29, 1.82) is 0 Å². The summed E-state index contributed by atoms with van der Waals surface area (Å²) in [5.74, 6) is 0.642. The van der Waals surface area contributed by atoms with Crippen molar-refractivity contribution in [1.82, 2.24) is 0 Å². The molecule has 0 aromatic carbocycles. The summed E-state index contributed by atoms with van der Waals surface area (Å²) >= 11 is 12.7. The molecule has 0 atom stereocenters. The molecular weight excluding hydrogens is 223 g/mol. The number of hydrogen-bond acceptors (Lipinski definition) is 0. The SMILES string of the molecule is CC(C)C[Si](Cl)(Cl)C[Si](C)(C)C. The van der Waals surface area contributed by atoms with E-state index in [4.69, 9.17) is 22.2 Å². The smallest absolute Gasteiger partial charge is 0.146 e. The number of halogens is 2. The van der Waals surface area contributed by atoms with E-state index >= 15 is 0 Å². The van der Waals surface area contributed by atoms with Crippen LogP contribution in [0, 0.1) is 5.92 Å². The van der Waals surface area contributed by atoms with Gasteiger partial charge in [0.05, 0.1) is 0 Å². The van der Waals surface area contributed by atoms with Gasteiger partial charge in [-0.25, -0.2) is 0 Å². The summed E-state index contributed by atoms with van der Waals surface area (Å²) in [6.45, 7) is 9.49.